The first-order valence-corrected chi connectivity index (χ1v) is 5.14. The summed E-state index contributed by atoms with van der Waals surface area (Å²) in [5.74, 6) is 0. The van der Waals surface area contributed by atoms with E-state index in [9.17, 15) is 0 Å². The van der Waals surface area contributed by atoms with Crippen LogP contribution in [-0.2, 0) is 0 Å². The van der Waals surface area contributed by atoms with Gasteiger partial charge in [0.1, 0.15) is 0 Å². The van der Waals surface area contributed by atoms with E-state index in [4.69, 9.17) is 0 Å². The lowest BCUT2D eigenvalue weighted by atomic mass is 10.1. The van der Waals surface area contributed by atoms with E-state index >= 15 is 0 Å². The predicted molar refractivity (Wildman–Crippen MR) is 58.6 cm³/mol. The van der Waals surface area contributed by atoms with Crippen LogP contribution in [0, 0.1) is 6.92 Å². The first-order valence-electron chi connectivity index (χ1n) is 4.02. The molecule has 12 heavy (non-hydrogen) atoms. The number of allylic oxidation sites excluding steroid dienone is 1. The third-order valence-corrected chi connectivity index (χ3v) is 2.59. The minimum atomic E-state index is 0.945. The van der Waals surface area contributed by atoms with E-state index in [-0.39, 0.29) is 0 Å². The van der Waals surface area contributed by atoms with Crippen molar-refractivity contribution in [3.05, 3.63) is 41.0 Å². The number of hydrogen-bond acceptors (Lipinski definition) is 0. The quantitative estimate of drug-likeness (QED) is 0.671. The minimum Gasteiger partial charge on any atom is -0.0880 e. The van der Waals surface area contributed by atoms with Gasteiger partial charge in [0.25, 0.3) is 0 Å². The first-order chi connectivity index (χ1) is 5.72. The van der Waals surface area contributed by atoms with Gasteiger partial charge in [-0.25, -0.2) is 0 Å². The molecule has 1 aromatic rings. The molecule has 1 rings (SSSR count). The molecule has 0 saturated heterocycles. The normalized spacial score (nSPS) is 11.8. The van der Waals surface area contributed by atoms with Crippen molar-refractivity contribution in [2.75, 3.05) is 5.33 Å². The number of aryl methyl sites for hydroxylation is 1. The first kappa shape index (κ1) is 9.53. The Hall–Kier alpha value is -0.560. The van der Waals surface area contributed by atoms with Crippen molar-refractivity contribution >= 4 is 22.0 Å². The maximum absolute atomic E-state index is 3.42. The molecule has 0 bridgehead atoms. The highest BCUT2D eigenvalue weighted by Gasteiger charge is 1.88. The Labute approximate surface area is 82.4 Å². The third-order valence-electron chi connectivity index (χ3n) is 1.70. The van der Waals surface area contributed by atoms with E-state index in [1.807, 2.05) is 0 Å². The van der Waals surface area contributed by atoms with E-state index < -0.39 is 0 Å². The molecule has 0 aromatic heterocycles. The molecule has 0 spiro atoms. The van der Waals surface area contributed by atoms with E-state index in [1.165, 1.54) is 16.7 Å². The van der Waals surface area contributed by atoms with Crippen molar-refractivity contribution in [3.63, 3.8) is 0 Å². The molecule has 0 saturated carbocycles. The largest absolute Gasteiger partial charge is 0.0880 e. The van der Waals surface area contributed by atoms with Crippen LogP contribution >= 0.6 is 15.9 Å². The summed E-state index contributed by atoms with van der Waals surface area (Å²) < 4.78 is 0. The molecule has 0 nitrogen and oxygen atoms in total. The lowest BCUT2D eigenvalue weighted by molar-refractivity contribution is 1.43. The standard InChI is InChI=1S/C11H13Br/c1-9-3-5-11(6-4-9)7-10(2)8-12/h3-7H,8H2,1-2H3/b10-7-. The Morgan fingerprint density at radius 1 is 1.33 bits per heavy atom. The summed E-state index contributed by atoms with van der Waals surface area (Å²) in [5.41, 5.74) is 3.93. The Kier molecular flexibility index (Phi) is 3.54. The molecule has 0 unspecified atom stereocenters. The van der Waals surface area contributed by atoms with Crippen LogP contribution in [0.2, 0.25) is 0 Å². The Morgan fingerprint density at radius 2 is 1.92 bits per heavy atom. The highest BCUT2D eigenvalue weighted by Crippen LogP contribution is 2.09. The van der Waals surface area contributed by atoms with Gasteiger partial charge < -0.3 is 0 Å². The van der Waals surface area contributed by atoms with E-state index in [1.54, 1.807) is 0 Å². The fraction of sp³-hybridized carbons (Fsp3) is 0.273. The van der Waals surface area contributed by atoms with E-state index in [0.717, 1.165) is 5.33 Å². The second kappa shape index (κ2) is 4.46. The highest BCUT2D eigenvalue weighted by atomic mass is 79.9. The Bertz CT molecular complexity index is 270. The minimum absolute atomic E-state index is 0.945. The van der Waals surface area contributed by atoms with Gasteiger partial charge >= 0.3 is 0 Å². The molecular weight excluding hydrogens is 212 g/mol. The number of benzene rings is 1. The van der Waals surface area contributed by atoms with Crippen molar-refractivity contribution in [3.8, 4) is 0 Å². The second-order valence-corrected chi connectivity index (χ2v) is 3.60. The fourth-order valence-corrected chi connectivity index (χ4v) is 1.15. The molecule has 1 heteroatoms. The van der Waals surface area contributed by atoms with Gasteiger partial charge in [-0.3, -0.25) is 0 Å². The van der Waals surface area contributed by atoms with E-state index in [0.29, 0.717) is 0 Å². The SMILES string of the molecule is C/C(=C/c1ccc(C)cc1)CBr. The molecule has 0 fully saturated rings. The number of hydrogen-bond donors (Lipinski definition) is 0. The summed E-state index contributed by atoms with van der Waals surface area (Å²) in [6, 6.07) is 8.55. The van der Waals surface area contributed by atoms with Crippen molar-refractivity contribution in [1.82, 2.24) is 0 Å². The molecule has 0 aliphatic rings. The number of halogens is 1. The van der Waals surface area contributed by atoms with Crippen molar-refractivity contribution in [2.45, 2.75) is 13.8 Å². The van der Waals surface area contributed by atoms with Crippen molar-refractivity contribution in [1.29, 1.82) is 0 Å². The molecular formula is C11H13Br. The van der Waals surface area contributed by atoms with Gasteiger partial charge in [0.05, 0.1) is 0 Å². The number of alkyl halides is 1. The van der Waals surface area contributed by atoms with Crippen LogP contribution in [0.3, 0.4) is 0 Å². The van der Waals surface area contributed by atoms with Crippen LogP contribution in [0.5, 0.6) is 0 Å². The van der Waals surface area contributed by atoms with Crippen molar-refractivity contribution in [2.24, 2.45) is 0 Å². The summed E-state index contributed by atoms with van der Waals surface area (Å²) in [7, 11) is 0. The van der Waals surface area contributed by atoms with Crippen molar-refractivity contribution < 1.29 is 0 Å². The van der Waals surface area contributed by atoms with Gasteiger partial charge in [0.15, 0.2) is 0 Å². The summed E-state index contributed by atoms with van der Waals surface area (Å²) in [5, 5.41) is 0.945. The predicted octanol–water partition coefficient (Wildman–Crippen LogP) is 3.79. The van der Waals surface area contributed by atoms with Gasteiger partial charge in [0, 0.05) is 5.33 Å². The molecule has 1 aromatic carbocycles. The number of rotatable bonds is 2. The zero-order valence-corrected chi connectivity index (χ0v) is 9.06. The van der Waals surface area contributed by atoms with Crippen LogP contribution < -0.4 is 0 Å². The van der Waals surface area contributed by atoms with E-state index in [2.05, 4.69) is 60.1 Å². The Morgan fingerprint density at radius 3 is 2.42 bits per heavy atom. The lowest BCUT2D eigenvalue weighted by Gasteiger charge is -1.96. The molecule has 64 valence electrons. The zero-order chi connectivity index (χ0) is 8.97. The maximum Gasteiger partial charge on any atom is 0.0242 e. The highest BCUT2D eigenvalue weighted by molar-refractivity contribution is 9.09. The molecule has 0 atom stereocenters. The van der Waals surface area contributed by atoms with Crippen LogP contribution in [0.15, 0.2) is 29.8 Å². The maximum atomic E-state index is 3.42. The van der Waals surface area contributed by atoms with Gasteiger partial charge in [-0.1, -0.05) is 57.4 Å². The van der Waals surface area contributed by atoms with Gasteiger partial charge in [-0.2, -0.15) is 0 Å². The summed E-state index contributed by atoms with van der Waals surface area (Å²) >= 11 is 3.42. The molecule has 0 aliphatic carbocycles. The summed E-state index contributed by atoms with van der Waals surface area (Å²) in [4.78, 5) is 0. The topological polar surface area (TPSA) is 0 Å². The van der Waals surface area contributed by atoms with Crippen LogP contribution in [0.4, 0.5) is 0 Å². The summed E-state index contributed by atoms with van der Waals surface area (Å²) in [6.45, 7) is 4.22. The summed E-state index contributed by atoms with van der Waals surface area (Å²) in [6.07, 6.45) is 2.19. The average Bonchev–Trinajstić information content (AvgIpc) is 2.09. The van der Waals surface area contributed by atoms with Crippen LogP contribution in [0.1, 0.15) is 18.1 Å². The zero-order valence-electron chi connectivity index (χ0n) is 7.47. The van der Waals surface area contributed by atoms with Gasteiger partial charge in [-0.05, 0) is 19.4 Å². The Balaban J connectivity index is 2.84. The fourth-order valence-electron chi connectivity index (χ4n) is 0.986. The van der Waals surface area contributed by atoms with Crippen LogP contribution in [-0.4, -0.2) is 5.33 Å². The third kappa shape index (κ3) is 2.82. The van der Waals surface area contributed by atoms with Crippen LogP contribution in [0.25, 0.3) is 6.08 Å². The van der Waals surface area contributed by atoms with Gasteiger partial charge in [-0.15, -0.1) is 0 Å². The molecule has 0 aliphatic heterocycles. The second-order valence-electron chi connectivity index (χ2n) is 3.04. The van der Waals surface area contributed by atoms with Gasteiger partial charge in [0.2, 0.25) is 0 Å². The lowest BCUT2D eigenvalue weighted by Crippen LogP contribution is -1.78. The smallest absolute Gasteiger partial charge is 0.0242 e. The monoisotopic (exact) mass is 224 g/mol. The molecule has 0 radical (unpaired) electrons. The average molecular weight is 225 g/mol. The molecule has 0 heterocycles. The molecule has 0 amide bonds. The molecule has 0 N–H and O–H groups in total.